The zero-order valence-corrected chi connectivity index (χ0v) is 7.55. The summed E-state index contributed by atoms with van der Waals surface area (Å²) in [5.74, 6) is 2.41. The molecule has 12 heavy (non-hydrogen) atoms. The average Bonchev–Trinajstić information content (AvgIpc) is 2.22. The second-order valence-corrected chi connectivity index (χ2v) is 4.97. The number of hydrogen-bond donors (Lipinski definition) is 0. The molecule has 4 aliphatic carbocycles. The molecule has 0 saturated heterocycles. The monoisotopic (exact) mass is 164 g/mol. The molecule has 0 N–H and O–H groups in total. The van der Waals surface area contributed by atoms with E-state index in [4.69, 9.17) is 2.74 Å². The van der Waals surface area contributed by atoms with Crippen molar-refractivity contribution < 1.29 is 2.74 Å². The van der Waals surface area contributed by atoms with Gasteiger partial charge in [0.05, 0.1) is 0 Å². The maximum Gasteiger partial charge on any atom is 0.0315 e. The van der Waals surface area contributed by atoms with Gasteiger partial charge in [-0.2, -0.15) is 0 Å². The molecular formula is C12H18. The molecule has 66 valence electrons. The first kappa shape index (κ1) is 5.47. The molecule has 4 fully saturated rings. The molecule has 4 aliphatic rings. The van der Waals surface area contributed by atoms with E-state index in [0.29, 0.717) is 5.92 Å². The van der Waals surface area contributed by atoms with Crippen molar-refractivity contribution in [2.75, 3.05) is 0 Å². The number of fused-ring (bicyclic) bond motifs is 1. The Bertz CT molecular complexity index is 268. The Morgan fingerprint density at radius 3 is 2.25 bits per heavy atom. The Hall–Kier alpha value is -0.260. The Morgan fingerprint density at radius 2 is 1.58 bits per heavy atom. The van der Waals surface area contributed by atoms with Crippen molar-refractivity contribution in [2.45, 2.75) is 38.5 Å². The first-order valence-corrected chi connectivity index (χ1v) is 5.26. The van der Waals surface area contributed by atoms with E-state index in [9.17, 15) is 0 Å². The predicted molar refractivity (Wildman–Crippen MR) is 50.8 cm³/mol. The number of rotatable bonds is 0. The van der Waals surface area contributed by atoms with Crippen LogP contribution < -0.4 is 0 Å². The number of allylic oxidation sites excluding steroid dienone is 1. The van der Waals surface area contributed by atoms with Crippen LogP contribution in [0.4, 0.5) is 0 Å². The molecule has 4 saturated carbocycles. The maximum absolute atomic E-state index is 8.18. The molecule has 4 bridgehead atoms. The lowest BCUT2D eigenvalue weighted by Gasteiger charge is -2.38. The Kier molecular flexibility index (Phi) is 1.08. The number of hydrogen-bond acceptors (Lipinski definition) is 0. The van der Waals surface area contributed by atoms with Crippen LogP contribution in [0, 0.1) is 23.7 Å². The summed E-state index contributed by atoms with van der Waals surface area (Å²) in [7, 11) is 0. The Balaban J connectivity index is 2.04. The second-order valence-electron chi connectivity index (χ2n) is 4.97. The van der Waals surface area contributed by atoms with Gasteiger partial charge < -0.3 is 0 Å². The van der Waals surface area contributed by atoms with Gasteiger partial charge in [0, 0.05) is 2.74 Å². The van der Waals surface area contributed by atoms with E-state index >= 15 is 0 Å². The highest BCUT2D eigenvalue weighted by atomic mass is 14.5. The standard InChI is InChI=1S/C12H18/c1-8-2-9-3-10-5-11(4-9)7-12(8)6-10/h9-12H,1-7H2/t9?,10-,11+,12?/i2D2. The van der Waals surface area contributed by atoms with Crippen LogP contribution in [0.15, 0.2) is 12.2 Å². The third-order valence-corrected chi connectivity index (χ3v) is 4.02. The molecule has 0 nitrogen and oxygen atoms in total. The van der Waals surface area contributed by atoms with Gasteiger partial charge in [0.25, 0.3) is 0 Å². The van der Waals surface area contributed by atoms with Crippen molar-refractivity contribution in [3.05, 3.63) is 12.2 Å². The van der Waals surface area contributed by atoms with Crippen LogP contribution in [-0.4, -0.2) is 0 Å². The third kappa shape index (κ3) is 0.967. The molecule has 0 aromatic heterocycles. The van der Waals surface area contributed by atoms with E-state index in [1.807, 2.05) is 0 Å². The summed E-state index contributed by atoms with van der Waals surface area (Å²) >= 11 is 0. The van der Waals surface area contributed by atoms with Gasteiger partial charge in [-0.15, -0.1) is 0 Å². The lowest BCUT2D eigenvalue weighted by Crippen LogP contribution is -2.27. The van der Waals surface area contributed by atoms with Crippen molar-refractivity contribution in [1.29, 1.82) is 0 Å². The first-order chi connectivity index (χ1) is 6.57. The average molecular weight is 164 g/mol. The molecule has 4 atom stereocenters. The predicted octanol–water partition coefficient (Wildman–Crippen LogP) is 3.39. The van der Waals surface area contributed by atoms with E-state index < -0.39 is 6.37 Å². The van der Waals surface area contributed by atoms with E-state index in [1.165, 1.54) is 19.3 Å². The van der Waals surface area contributed by atoms with E-state index in [0.717, 1.165) is 30.3 Å². The molecule has 0 heterocycles. The van der Waals surface area contributed by atoms with Gasteiger partial charge in [-0.3, -0.25) is 0 Å². The highest BCUT2D eigenvalue weighted by Crippen LogP contribution is 2.52. The lowest BCUT2D eigenvalue weighted by atomic mass is 9.68. The topological polar surface area (TPSA) is 0 Å². The fourth-order valence-corrected chi connectivity index (χ4v) is 3.63. The largest absolute Gasteiger partial charge is 0.0996 e. The summed E-state index contributed by atoms with van der Waals surface area (Å²) in [6.45, 7) is 4.05. The molecule has 0 heteroatoms. The van der Waals surface area contributed by atoms with Crippen molar-refractivity contribution in [3.63, 3.8) is 0 Å². The zero-order valence-electron chi connectivity index (χ0n) is 9.55. The molecule has 0 aromatic carbocycles. The molecule has 0 aromatic rings. The molecule has 0 radical (unpaired) electrons. The normalized spacial score (nSPS) is 57.8. The third-order valence-electron chi connectivity index (χ3n) is 4.02. The van der Waals surface area contributed by atoms with Crippen LogP contribution in [0.3, 0.4) is 0 Å². The molecule has 2 unspecified atom stereocenters. The molecule has 0 amide bonds. The molecule has 4 rings (SSSR count). The minimum absolute atomic E-state index is 0.284. The SMILES string of the molecule is [2H]C1([2H])C(=C)C2C[C@@H]3CC1C[C@H](C2)C3. The van der Waals surface area contributed by atoms with E-state index in [2.05, 4.69) is 6.58 Å². The van der Waals surface area contributed by atoms with Gasteiger partial charge in [-0.1, -0.05) is 12.2 Å². The van der Waals surface area contributed by atoms with Crippen LogP contribution in [0.5, 0.6) is 0 Å². The van der Waals surface area contributed by atoms with Gasteiger partial charge in [-0.25, -0.2) is 0 Å². The summed E-state index contributed by atoms with van der Waals surface area (Å²) in [6.07, 6.45) is 5.01. The Morgan fingerprint density at radius 1 is 1.00 bits per heavy atom. The zero-order chi connectivity index (χ0) is 9.92. The Labute approximate surface area is 77.9 Å². The van der Waals surface area contributed by atoms with E-state index in [-0.39, 0.29) is 5.92 Å². The smallest absolute Gasteiger partial charge is 0.0315 e. The van der Waals surface area contributed by atoms with Crippen molar-refractivity contribution in [2.24, 2.45) is 23.7 Å². The van der Waals surface area contributed by atoms with Gasteiger partial charge in [-0.05, 0) is 62.1 Å². The summed E-state index contributed by atoms with van der Waals surface area (Å²) in [5, 5.41) is 0. The van der Waals surface area contributed by atoms with Crippen LogP contribution in [0.25, 0.3) is 0 Å². The molecule has 0 aliphatic heterocycles. The maximum atomic E-state index is 8.18. The van der Waals surface area contributed by atoms with Crippen LogP contribution in [0.2, 0.25) is 0 Å². The molecular weight excluding hydrogens is 144 g/mol. The van der Waals surface area contributed by atoms with Gasteiger partial charge in [0.2, 0.25) is 0 Å². The van der Waals surface area contributed by atoms with Crippen molar-refractivity contribution >= 4 is 0 Å². The quantitative estimate of drug-likeness (QED) is 0.481. The van der Waals surface area contributed by atoms with Crippen molar-refractivity contribution in [1.82, 2.24) is 0 Å². The minimum atomic E-state index is -1.06. The fourth-order valence-electron chi connectivity index (χ4n) is 3.63. The highest BCUT2D eigenvalue weighted by Gasteiger charge is 2.40. The van der Waals surface area contributed by atoms with Gasteiger partial charge >= 0.3 is 0 Å². The fraction of sp³-hybridized carbons (Fsp3) is 0.833. The highest BCUT2D eigenvalue weighted by molar-refractivity contribution is 5.10. The second kappa shape index (κ2) is 2.37. The summed E-state index contributed by atoms with van der Waals surface area (Å²) in [5.41, 5.74) is 0.923. The lowest BCUT2D eigenvalue weighted by molar-refractivity contribution is 0.138. The minimum Gasteiger partial charge on any atom is -0.0996 e. The summed E-state index contributed by atoms with van der Waals surface area (Å²) in [6, 6.07) is 0. The first-order valence-electron chi connectivity index (χ1n) is 6.26. The van der Waals surface area contributed by atoms with Crippen LogP contribution >= 0.6 is 0 Å². The molecule has 0 spiro atoms. The van der Waals surface area contributed by atoms with Gasteiger partial charge in [0.1, 0.15) is 0 Å². The van der Waals surface area contributed by atoms with Gasteiger partial charge in [0.15, 0.2) is 0 Å². The van der Waals surface area contributed by atoms with Crippen LogP contribution in [0.1, 0.15) is 41.2 Å². The van der Waals surface area contributed by atoms with Crippen LogP contribution in [-0.2, 0) is 0 Å². The van der Waals surface area contributed by atoms with Crippen molar-refractivity contribution in [3.8, 4) is 0 Å². The summed E-state index contributed by atoms with van der Waals surface area (Å²) in [4.78, 5) is 0. The van der Waals surface area contributed by atoms with E-state index in [1.54, 1.807) is 0 Å². The summed E-state index contributed by atoms with van der Waals surface area (Å²) < 4.78 is 16.4.